The van der Waals surface area contributed by atoms with E-state index < -0.39 is 6.29 Å². The minimum Gasteiger partial charge on any atom is -0.466 e. The van der Waals surface area contributed by atoms with Crippen LogP contribution in [0.2, 0.25) is 0 Å². The number of rotatable bonds is 40. The highest BCUT2D eigenvalue weighted by Crippen LogP contribution is 2.12. The van der Waals surface area contributed by atoms with Gasteiger partial charge in [-0.05, 0) is 70.9 Å². The molecule has 0 amide bonds. The Hall–Kier alpha value is -1.74. The van der Waals surface area contributed by atoms with Crippen molar-refractivity contribution >= 4 is 11.9 Å². The number of hydrogen-bond acceptors (Lipinski definition) is 8. The summed E-state index contributed by atoms with van der Waals surface area (Å²) in [6.07, 6.45) is 33.8. The number of unbranched alkanes of at least 4 members (excludes halogenated alkanes) is 15. The minimum absolute atomic E-state index is 0.0452. The fraction of sp³-hybridized carbons (Fsp3) is 0.860. The van der Waals surface area contributed by atoms with Crippen LogP contribution in [0.3, 0.4) is 0 Å². The summed E-state index contributed by atoms with van der Waals surface area (Å²) in [6.45, 7) is 11.6. The van der Waals surface area contributed by atoms with Crippen LogP contribution in [0, 0.1) is 0 Å². The van der Waals surface area contributed by atoms with Gasteiger partial charge < -0.3 is 29.0 Å². The number of esters is 2. The first-order valence-electron chi connectivity index (χ1n) is 21.2. The number of hydrogen-bond donors (Lipinski definition) is 1. The summed E-state index contributed by atoms with van der Waals surface area (Å²) in [6, 6.07) is 0. The molecule has 0 heterocycles. The van der Waals surface area contributed by atoms with Crippen molar-refractivity contribution in [1.82, 2.24) is 4.90 Å². The molecule has 0 saturated heterocycles. The van der Waals surface area contributed by atoms with Crippen molar-refractivity contribution in [2.75, 3.05) is 52.7 Å². The second-order valence-electron chi connectivity index (χ2n) is 13.9. The number of aliphatic hydroxyl groups is 1. The maximum Gasteiger partial charge on any atom is 0.305 e. The van der Waals surface area contributed by atoms with Crippen molar-refractivity contribution in [1.29, 1.82) is 0 Å². The van der Waals surface area contributed by atoms with Crippen LogP contribution in [0.4, 0.5) is 0 Å². The zero-order valence-corrected chi connectivity index (χ0v) is 33.6. The number of carbonyl (C=O) groups excluding carboxylic acids is 2. The highest BCUT2D eigenvalue weighted by Gasteiger charge is 2.13. The average molecular weight is 724 g/mol. The molecule has 0 fully saturated rings. The summed E-state index contributed by atoms with van der Waals surface area (Å²) in [5.41, 5.74) is 0. The maximum atomic E-state index is 12.4. The average Bonchev–Trinajstić information content (AvgIpc) is 3.13. The van der Waals surface area contributed by atoms with E-state index >= 15 is 0 Å². The molecule has 8 nitrogen and oxygen atoms in total. The number of nitrogens with zero attached hydrogens (tertiary/aromatic N) is 1. The number of ether oxygens (including phenoxy) is 4. The molecule has 0 unspecified atom stereocenters. The minimum atomic E-state index is -0.390. The van der Waals surface area contributed by atoms with Crippen molar-refractivity contribution in [2.45, 2.75) is 188 Å². The molecule has 0 saturated carbocycles. The molecule has 0 spiro atoms. The Balaban J connectivity index is 3.95. The van der Waals surface area contributed by atoms with Gasteiger partial charge in [0.15, 0.2) is 6.29 Å². The molecule has 0 aliphatic carbocycles. The lowest BCUT2D eigenvalue weighted by atomic mass is 10.1. The van der Waals surface area contributed by atoms with Gasteiger partial charge in [0, 0.05) is 19.4 Å². The molecular weight excluding hydrogens is 642 g/mol. The Bertz CT molecular complexity index is 781. The number of aliphatic hydroxyl groups excluding tert-OH is 1. The lowest BCUT2D eigenvalue weighted by Gasteiger charge is -2.21. The molecule has 0 rings (SSSR count). The van der Waals surface area contributed by atoms with E-state index in [-0.39, 0.29) is 18.5 Å². The predicted molar refractivity (Wildman–Crippen MR) is 212 cm³/mol. The van der Waals surface area contributed by atoms with Gasteiger partial charge in [0.05, 0.1) is 39.5 Å². The van der Waals surface area contributed by atoms with E-state index in [9.17, 15) is 14.7 Å². The summed E-state index contributed by atoms with van der Waals surface area (Å²) in [5, 5.41) is 9.51. The smallest absolute Gasteiger partial charge is 0.305 e. The van der Waals surface area contributed by atoms with Crippen LogP contribution in [-0.4, -0.2) is 80.9 Å². The SMILES string of the molecule is CCC/C=C\CCOC(CCC(=O)OCCCCCCN(CCO)CCCCCCCC(=O)OCCCCCCCCC)OCC/C=C\CCC. The van der Waals surface area contributed by atoms with E-state index in [2.05, 4.69) is 50.0 Å². The standard InChI is InChI=1S/C43H81NO7/c1-4-7-10-13-14-21-26-37-48-41(46)30-23-16-15-17-24-33-44(35-36-45)34-25-18-22-27-38-49-42(47)31-32-43(50-39-28-19-11-8-5-2)51-40-29-20-12-9-6-3/h11-12,19-20,43,45H,4-10,13-18,21-40H2,1-3H3/b19-11-,20-12-. The Labute approximate surface area is 314 Å². The first kappa shape index (κ1) is 49.3. The first-order chi connectivity index (χ1) is 25.1. The normalized spacial score (nSPS) is 11.9. The van der Waals surface area contributed by atoms with Gasteiger partial charge in [-0.15, -0.1) is 0 Å². The molecule has 0 aliphatic heterocycles. The molecule has 0 aromatic carbocycles. The zero-order valence-electron chi connectivity index (χ0n) is 33.6. The van der Waals surface area contributed by atoms with Gasteiger partial charge >= 0.3 is 11.9 Å². The molecule has 0 atom stereocenters. The van der Waals surface area contributed by atoms with Crippen molar-refractivity contribution in [3.05, 3.63) is 24.3 Å². The summed E-state index contributed by atoms with van der Waals surface area (Å²) < 4.78 is 22.8. The van der Waals surface area contributed by atoms with Crippen LogP contribution >= 0.6 is 0 Å². The molecule has 300 valence electrons. The van der Waals surface area contributed by atoms with E-state index in [1.165, 1.54) is 32.1 Å². The molecule has 0 aromatic heterocycles. The Morgan fingerprint density at radius 3 is 1.47 bits per heavy atom. The largest absolute Gasteiger partial charge is 0.466 e. The lowest BCUT2D eigenvalue weighted by Crippen LogP contribution is -2.29. The highest BCUT2D eigenvalue weighted by atomic mass is 16.7. The van der Waals surface area contributed by atoms with E-state index in [4.69, 9.17) is 18.9 Å². The third kappa shape index (κ3) is 37.8. The molecule has 0 aliphatic rings. The van der Waals surface area contributed by atoms with E-state index in [0.29, 0.717) is 52.2 Å². The number of allylic oxidation sites excluding steroid dienone is 2. The molecule has 0 bridgehead atoms. The van der Waals surface area contributed by atoms with E-state index in [0.717, 1.165) is 122 Å². The van der Waals surface area contributed by atoms with E-state index in [1.807, 2.05) is 0 Å². The molecule has 8 heteroatoms. The lowest BCUT2D eigenvalue weighted by molar-refractivity contribution is -0.158. The van der Waals surface area contributed by atoms with Crippen molar-refractivity contribution in [3.8, 4) is 0 Å². The fourth-order valence-electron chi connectivity index (χ4n) is 5.77. The Morgan fingerprint density at radius 2 is 0.961 bits per heavy atom. The van der Waals surface area contributed by atoms with Gasteiger partial charge in [-0.3, -0.25) is 9.59 Å². The fourth-order valence-corrected chi connectivity index (χ4v) is 5.77. The van der Waals surface area contributed by atoms with Crippen molar-refractivity contribution in [3.63, 3.8) is 0 Å². The van der Waals surface area contributed by atoms with Crippen LogP contribution in [0.1, 0.15) is 181 Å². The maximum absolute atomic E-state index is 12.4. The van der Waals surface area contributed by atoms with Gasteiger partial charge in [-0.25, -0.2) is 0 Å². The molecule has 0 radical (unpaired) electrons. The second-order valence-corrected chi connectivity index (χ2v) is 13.9. The van der Waals surface area contributed by atoms with Crippen molar-refractivity contribution in [2.24, 2.45) is 0 Å². The van der Waals surface area contributed by atoms with Crippen molar-refractivity contribution < 1.29 is 33.6 Å². The van der Waals surface area contributed by atoms with Gasteiger partial charge in [0.25, 0.3) is 0 Å². The Morgan fingerprint density at radius 1 is 0.510 bits per heavy atom. The first-order valence-corrected chi connectivity index (χ1v) is 21.2. The predicted octanol–water partition coefficient (Wildman–Crippen LogP) is 10.7. The monoisotopic (exact) mass is 724 g/mol. The Kier molecular flexibility index (Phi) is 39.6. The third-order valence-electron chi connectivity index (χ3n) is 8.92. The van der Waals surface area contributed by atoms with Crippen LogP contribution in [0.5, 0.6) is 0 Å². The number of carbonyl (C=O) groups is 2. The van der Waals surface area contributed by atoms with Gasteiger partial charge in [-0.1, -0.05) is 129 Å². The molecular formula is C43H81NO7. The van der Waals surface area contributed by atoms with Crippen LogP contribution in [0.15, 0.2) is 24.3 Å². The molecule has 1 N–H and O–H groups in total. The van der Waals surface area contributed by atoms with Gasteiger partial charge in [0.2, 0.25) is 0 Å². The zero-order chi connectivity index (χ0) is 37.3. The second kappa shape index (κ2) is 41.0. The highest BCUT2D eigenvalue weighted by molar-refractivity contribution is 5.69. The van der Waals surface area contributed by atoms with Crippen LogP contribution in [0.25, 0.3) is 0 Å². The van der Waals surface area contributed by atoms with Crippen LogP contribution in [-0.2, 0) is 28.5 Å². The summed E-state index contributed by atoms with van der Waals surface area (Å²) in [4.78, 5) is 26.7. The van der Waals surface area contributed by atoms with Gasteiger partial charge in [-0.2, -0.15) is 0 Å². The summed E-state index contributed by atoms with van der Waals surface area (Å²) in [5.74, 6) is -0.234. The summed E-state index contributed by atoms with van der Waals surface area (Å²) in [7, 11) is 0. The summed E-state index contributed by atoms with van der Waals surface area (Å²) >= 11 is 0. The topological polar surface area (TPSA) is 94.5 Å². The molecule has 51 heavy (non-hydrogen) atoms. The van der Waals surface area contributed by atoms with E-state index in [1.54, 1.807) is 0 Å². The molecule has 0 aromatic rings. The quantitative estimate of drug-likeness (QED) is 0.0289. The van der Waals surface area contributed by atoms with Gasteiger partial charge in [0.1, 0.15) is 0 Å². The van der Waals surface area contributed by atoms with Crippen LogP contribution < -0.4 is 0 Å². The third-order valence-corrected chi connectivity index (χ3v) is 8.92.